The summed E-state index contributed by atoms with van der Waals surface area (Å²) < 4.78 is 16.1. The van der Waals surface area contributed by atoms with Gasteiger partial charge in [0.15, 0.2) is 11.5 Å². The molecule has 146 valence electrons. The lowest BCUT2D eigenvalue weighted by Gasteiger charge is -2.08. The van der Waals surface area contributed by atoms with Crippen LogP contribution < -0.4 is 24.8 Å². The first-order chi connectivity index (χ1) is 14.3. The lowest BCUT2D eigenvalue weighted by Crippen LogP contribution is -2.35. The van der Waals surface area contributed by atoms with Gasteiger partial charge in [0.2, 0.25) is 6.79 Å². The number of ether oxygens (including phenoxy) is 3. The summed E-state index contributed by atoms with van der Waals surface area (Å²) in [6, 6.07) is 19.3. The molecule has 0 saturated heterocycles. The van der Waals surface area contributed by atoms with Gasteiger partial charge in [-0.2, -0.15) is 0 Å². The lowest BCUT2D eigenvalue weighted by atomic mass is 10.0. The van der Waals surface area contributed by atoms with E-state index in [-0.39, 0.29) is 26.0 Å². The molecule has 2 amide bonds. The van der Waals surface area contributed by atoms with Crippen LogP contribution in [-0.2, 0) is 6.54 Å². The average Bonchev–Trinajstić information content (AvgIpc) is 3.22. The molecule has 6 nitrogen and oxygen atoms in total. The van der Waals surface area contributed by atoms with E-state index in [9.17, 15) is 4.79 Å². The summed E-state index contributed by atoms with van der Waals surface area (Å²) in [5.41, 5.74) is 1.07. The molecule has 0 unspecified atom stereocenters. The maximum Gasteiger partial charge on any atom is 0.315 e. The van der Waals surface area contributed by atoms with E-state index >= 15 is 0 Å². The number of rotatable bonds is 5. The summed E-state index contributed by atoms with van der Waals surface area (Å²) in [5, 5.41) is 7.86. The summed E-state index contributed by atoms with van der Waals surface area (Å²) in [6.07, 6.45) is 0. The molecule has 3 aromatic carbocycles. The predicted octanol–water partition coefficient (Wildman–Crippen LogP) is 3.45. The Balaban J connectivity index is 1.19. The highest BCUT2D eigenvalue weighted by molar-refractivity contribution is 5.86. The average molecular weight is 388 g/mol. The van der Waals surface area contributed by atoms with Crippen LogP contribution in [0.1, 0.15) is 5.56 Å². The fourth-order valence-electron chi connectivity index (χ4n) is 3.01. The Kier molecular flexibility index (Phi) is 5.68. The van der Waals surface area contributed by atoms with Gasteiger partial charge in [-0.15, -0.1) is 0 Å². The Morgan fingerprint density at radius 2 is 1.83 bits per heavy atom. The molecule has 4 rings (SSSR count). The van der Waals surface area contributed by atoms with Crippen LogP contribution in [0.25, 0.3) is 10.8 Å². The normalized spacial score (nSPS) is 11.4. The zero-order valence-corrected chi connectivity index (χ0v) is 15.7. The molecule has 2 N–H and O–H groups in total. The van der Waals surface area contributed by atoms with Crippen molar-refractivity contribution in [3.05, 3.63) is 66.2 Å². The maximum atomic E-state index is 12.0. The van der Waals surface area contributed by atoms with Crippen LogP contribution in [0.15, 0.2) is 60.7 Å². The first-order valence-corrected chi connectivity index (χ1v) is 9.26. The van der Waals surface area contributed by atoms with Gasteiger partial charge in [0.05, 0.1) is 6.54 Å². The van der Waals surface area contributed by atoms with E-state index in [0.717, 1.165) is 16.3 Å². The summed E-state index contributed by atoms with van der Waals surface area (Å²) in [6.45, 7) is 1.14. The minimum Gasteiger partial charge on any atom is -0.481 e. The van der Waals surface area contributed by atoms with E-state index in [4.69, 9.17) is 14.2 Å². The second-order valence-electron chi connectivity index (χ2n) is 6.33. The Bertz CT molecular complexity index is 1080. The second-order valence-corrected chi connectivity index (χ2v) is 6.33. The van der Waals surface area contributed by atoms with Gasteiger partial charge in [-0.05, 0) is 28.5 Å². The third-order valence-corrected chi connectivity index (χ3v) is 4.44. The van der Waals surface area contributed by atoms with E-state index in [0.29, 0.717) is 23.8 Å². The SMILES string of the molecule is O=C(NCC#CCOc1ccc2c(c1)OCO2)NCc1cccc2ccccc12. The molecule has 0 saturated carbocycles. The molecule has 0 bridgehead atoms. The fourth-order valence-corrected chi connectivity index (χ4v) is 3.01. The van der Waals surface area contributed by atoms with Gasteiger partial charge in [-0.3, -0.25) is 0 Å². The van der Waals surface area contributed by atoms with E-state index in [2.05, 4.69) is 40.7 Å². The summed E-state index contributed by atoms with van der Waals surface area (Å²) >= 11 is 0. The van der Waals surface area contributed by atoms with E-state index in [1.807, 2.05) is 24.3 Å². The van der Waals surface area contributed by atoms with Gasteiger partial charge in [-0.1, -0.05) is 54.3 Å². The van der Waals surface area contributed by atoms with Crippen LogP contribution in [-0.4, -0.2) is 26.0 Å². The lowest BCUT2D eigenvalue weighted by molar-refractivity contribution is 0.174. The van der Waals surface area contributed by atoms with Crippen molar-refractivity contribution >= 4 is 16.8 Å². The predicted molar refractivity (Wildman–Crippen MR) is 110 cm³/mol. The molecule has 1 aliphatic heterocycles. The molecule has 0 fully saturated rings. The van der Waals surface area contributed by atoms with Gasteiger partial charge in [0.25, 0.3) is 0 Å². The van der Waals surface area contributed by atoms with Crippen LogP contribution in [0.2, 0.25) is 0 Å². The molecule has 0 aliphatic carbocycles. The smallest absolute Gasteiger partial charge is 0.315 e. The van der Waals surface area contributed by atoms with Crippen molar-refractivity contribution in [2.45, 2.75) is 6.54 Å². The van der Waals surface area contributed by atoms with Gasteiger partial charge in [0.1, 0.15) is 12.4 Å². The second kappa shape index (κ2) is 8.89. The standard InChI is InChI=1S/C23H20N2O4/c26-23(25-15-18-8-5-7-17-6-1-2-9-20(17)18)24-12-3-4-13-27-19-10-11-21-22(14-19)29-16-28-21/h1-2,5-11,14H,12-13,15-16H2,(H2,24,25,26). The number of hydrogen-bond donors (Lipinski definition) is 2. The van der Waals surface area contributed by atoms with Gasteiger partial charge in [0, 0.05) is 12.6 Å². The minimum atomic E-state index is -0.260. The van der Waals surface area contributed by atoms with Crippen LogP contribution in [0.5, 0.6) is 17.2 Å². The van der Waals surface area contributed by atoms with Crippen molar-refractivity contribution in [2.24, 2.45) is 0 Å². The number of hydrogen-bond acceptors (Lipinski definition) is 4. The first kappa shape index (κ1) is 18.5. The molecule has 1 heterocycles. The number of urea groups is 1. The van der Waals surface area contributed by atoms with Gasteiger partial charge in [-0.25, -0.2) is 4.79 Å². The van der Waals surface area contributed by atoms with E-state index < -0.39 is 0 Å². The van der Waals surface area contributed by atoms with Crippen molar-refractivity contribution in [3.8, 4) is 29.1 Å². The number of fused-ring (bicyclic) bond motifs is 2. The highest BCUT2D eigenvalue weighted by Crippen LogP contribution is 2.34. The van der Waals surface area contributed by atoms with Crippen molar-refractivity contribution in [3.63, 3.8) is 0 Å². The highest BCUT2D eigenvalue weighted by Gasteiger charge is 2.13. The quantitative estimate of drug-likeness (QED) is 0.657. The van der Waals surface area contributed by atoms with E-state index in [1.165, 1.54) is 0 Å². The van der Waals surface area contributed by atoms with Crippen LogP contribution in [0, 0.1) is 11.8 Å². The third-order valence-electron chi connectivity index (χ3n) is 4.44. The Labute approximate surface area is 168 Å². The molecule has 0 radical (unpaired) electrons. The molecule has 29 heavy (non-hydrogen) atoms. The number of carbonyl (C=O) groups is 1. The molecule has 0 spiro atoms. The molecule has 6 heteroatoms. The molecule has 1 aliphatic rings. The van der Waals surface area contributed by atoms with Crippen molar-refractivity contribution in [1.29, 1.82) is 0 Å². The van der Waals surface area contributed by atoms with Gasteiger partial charge < -0.3 is 24.8 Å². The fraction of sp³-hybridized carbons (Fsp3) is 0.174. The molecule has 0 aromatic heterocycles. The maximum absolute atomic E-state index is 12.0. The van der Waals surface area contributed by atoms with Crippen molar-refractivity contribution in [2.75, 3.05) is 19.9 Å². The summed E-state index contributed by atoms with van der Waals surface area (Å²) in [4.78, 5) is 12.0. The van der Waals surface area contributed by atoms with Crippen LogP contribution >= 0.6 is 0 Å². The van der Waals surface area contributed by atoms with Crippen molar-refractivity contribution in [1.82, 2.24) is 10.6 Å². The highest BCUT2D eigenvalue weighted by atomic mass is 16.7. The molecule has 3 aromatic rings. The number of amides is 2. The van der Waals surface area contributed by atoms with E-state index in [1.54, 1.807) is 18.2 Å². The number of nitrogens with one attached hydrogen (secondary N) is 2. The third kappa shape index (κ3) is 4.71. The first-order valence-electron chi connectivity index (χ1n) is 9.26. The molecular weight excluding hydrogens is 368 g/mol. The Morgan fingerprint density at radius 1 is 0.966 bits per heavy atom. The topological polar surface area (TPSA) is 68.8 Å². The van der Waals surface area contributed by atoms with Crippen LogP contribution in [0.4, 0.5) is 4.79 Å². The largest absolute Gasteiger partial charge is 0.481 e. The zero-order valence-electron chi connectivity index (χ0n) is 15.7. The summed E-state index contributed by atoms with van der Waals surface area (Å²) in [7, 11) is 0. The Hall–Kier alpha value is -3.85. The Morgan fingerprint density at radius 3 is 2.79 bits per heavy atom. The van der Waals surface area contributed by atoms with Gasteiger partial charge >= 0.3 is 6.03 Å². The summed E-state index contributed by atoms with van der Waals surface area (Å²) in [5.74, 6) is 7.77. The number of benzene rings is 3. The zero-order chi connectivity index (χ0) is 19.9. The molecule has 0 atom stereocenters. The minimum absolute atomic E-state index is 0.221. The van der Waals surface area contributed by atoms with Crippen LogP contribution in [0.3, 0.4) is 0 Å². The molecular formula is C23H20N2O4. The number of carbonyl (C=O) groups excluding carboxylic acids is 1. The monoisotopic (exact) mass is 388 g/mol. The van der Waals surface area contributed by atoms with Crippen molar-refractivity contribution < 1.29 is 19.0 Å².